The van der Waals surface area contributed by atoms with E-state index in [1.165, 1.54) is 6.08 Å². The van der Waals surface area contributed by atoms with E-state index in [1.54, 1.807) is 37.3 Å². The Morgan fingerprint density at radius 2 is 2.00 bits per heavy atom. The van der Waals surface area contributed by atoms with Crippen molar-refractivity contribution in [1.29, 1.82) is 10.5 Å². The van der Waals surface area contributed by atoms with Crippen LogP contribution in [0.5, 0.6) is 5.75 Å². The number of ether oxygens (including phenoxy) is 2. The molecule has 0 aliphatic rings. The van der Waals surface area contributed by atoms with Crippen molar-refractivity contribution < 1.29 is 14.3 Å². The first-order valence-corrected chi connectivity index (χ1v) is 5.60. The summed E-state index contributed by atoms with van der Waals surface area (Å²) in [5, 5.41) is 17.2. The minimum absolute atomic E-state index is 0.0263. The van der Waals surface area contributed by atoms with Crippen molar-refractivity contribution in [3.8, 4) is 17.9 Å². The number of carbonyl (C=O) groups excluding carboxylic acids is 1. The number of carbonyl (C=O) groups is 1. The monoisotopic (exact) mass is 256 g/mol. The maximum Gasteiger partial charge on any atom is 0.348 e. The average molecular weight is 256 g/mol. The molecule has 0 atom stereocenters. The van der Waals surface area contributed by atoms with Gasteiger partial charge in [-0.3, -0.25) is 0 Å². The van der Waals surface area contributed by atoms with E-state index in [2.05, 4.69) is 0 Å². The second-order valence-electron chi connectivity index (χ2n) is 3.41. The summed E-state index contributed by atoms with van der Waals surface area (Å²) in [6.45, 7) is 1.87. The van der Waals surface area contributed by atoms with Gasteiger partial charge >= 0.3 is 5.97 Å². The van der Waals surface area contributed by atoms with Crippen molar-refractivity contribution in [2.75, 3.05) is 13.2 Å². The van der Waals surface area contributed by atoms with E-state index in [0.717, 1.165) is 0 Å². The highest BCUT2D eigenvalue weighted by Crippen LogP contribution is 2.14. The van der Waals surface area contributed by atoms with Gasteiger partial charge in [-0.2, -0.15) is 10.5 Å². The van der Waals surface area contributed by atoms with Crippen molar-refractivity contribution >= 4 is 12.0 Å². The number of nitrogens with zero attached hydrogens (tertiary/aromatic N) is 2. The first-order valence-electron chi connectivity index (χ1n) is 5.60. The molecule has 0 saturated heterocycles. The van der Waals surface area contributed by atoms with E-state index in [0.29, 0.717) is 11.3 Å². The van der Waals surface area contributed by atoms with Crippen LogP contribution in [0.2, 0.25) is 0 Å². The molecule has 0 aliphatic heterocycles. The maximum absolute atomic E-state index is 11.4. The topological polar surface area (TPSA) is 83.1 Å². The van der Waals surface area contributed by atoms with Gasteiger partial charge in [-0.1, -0.05) is 12.1 Å². The largest absolute Gasteiger partial charge is 0.479 e. The van der Waals surface area contributed by atoms with Gasteiger partial charge in [-0.25, -0.2) is 4.79 Å². The zero-order valence-electron chi connectivity index (χ0n) is 10.4. The summed E-state index contributed by atoms with van der Waals surface area (Å²) in [6.07, 6.45) is 1.44. The van der Waals surface area contributed by atoms with Crippen LogP contribution < -0.4 is 4.74 Å². The van der Waals surface area contributed by atoms with Gasteiger partial charge in [0.05, 0.1) is 6.61 Å². The first-order chi connectivity index (χ1) is 9.21. The fourth-order valence-electron chi connectivity index (χ4n) is 1.29. The van der Waals surface area contributed by atoms with Crippen LogP contribution in [0.1, 0.15) is 12.5 Å². The lowest BCUT2D eigenvalue weighted by Gasteiger charge is -2.02. The predicted octanol–water partition coefficient (Wildman–Crippen LogP) is 2.06. The van der Waals surface area contributed by atoms with Gasteiger partial charge in [0.25, 0.3) is 0 Å². The molecule has 0 aliphatic carbocycles. The third-order valence-electron chi connectivity index (χ3n) is 2.11. The van der Waals surface area contributed by atoms with Crippen LogP contribution in [0, 0.1) is 22.7 Å². The molecule has 0 saturated carbocycles. The molecule has 1 aromatic carbocycles. The van der Waals surface area contributed by atoms with Gasteiger partial charge in [0.2, 0.25) is 0 Å². The fraction of sp³-hybridized carbons (Fsp3) is 0.214. The lowest BCUT2D eigenvalue weighted by Crippen LogP contribution is -2.05. The Labute approximate surface area is 111 Å². The summed E-state index contributed by atoms with van der Waals surface area (Å²) in [7, 11) is 0. The second kappa shape index (κ2) is 7.52. The number of nitriles is 2. The van der Waals surface area contributed by atoms with Gasteiger partial charge in [-0.05, 0) is 30.7 Å². The Balaban J connectivity index is 2.83. The molecular weight excluding hydrogens is 244 g/mol. The van der Waals surface area contributed by atoms with Crippen LogP contribution >= 0.6 is 0 Å². The van der Waals surface area contributed by atoms with Crippen LogP contribution in [0.15, 0.2) is 29.8 Å². The number of hydrogen-bond donors (Lipinski definition) is 0. The smallest absolute Gasteiger partial charge is 0.348 e. The molecule has 0 spiro atoms. The molecule has 1 rings (SSSR count). The predicted molar refractivity (Wildman–Crippen MR) is 67.8 cm³/mol. The Kier molecular flexibility index (Phi) is 5.65. The number of esters is 1. The van der Waals surface area contributed by atoms with Crippen molar-refractivity contribution in [1.82, 2.24) is 0 Å². The lowest BCUT2D eigenvalue weighted by atomic mass is 10.1. The van der Waals surface area contributed by atoms with E-state index in [4.69, 9.17) is 20.0 Å². The Bertz CT molecular complexity index is 548. The molecule has 0 unspecified atom stereocenters. The van der Waals surface area contributed by atoms with Gasteiger partial charge in [0.1, 0.15) is 23.5 Å². The standard InChI is InChI=1S/C14H12N2O3/c1-2-18-14(17)12(10-16)9-11-3-5-13(6-4-11)19-8-7-15/h3-6,9H,2,8H2,1H3/b12-9+. The summed E-state index contributed by atoms with van der Waals surface area (Å²) >= 11 is 0. The highest BCUT2D eigenvalue weighted by atomic mass is 16.5. The first kappa shape index (κ1) is 14.3. The molecule has 1 aromatic rings. The van der Waals surface area contributed by atoms with Crippen molar-refractivity contribution in [2.24, 2.45) is 0 Å². The fourth-order valence-corrected chi connectivity index (χ4v) is 1.29. The van der Waals surface area contributed by atoms with E-state index >= 15 is 0 Å². The molecule has 96 valence electrons. The van der Waals surface area contributed by atoms with Crippen LogP contribution in [-0.4, -0.2) is 19.2 Å². The molecule has 5 heteroatoms. The molecule has 0 amide bonds. The van der Waals surface area contributed by atoms with Gasteiger partial charge in [0.15, 0.2) is 6.61 Å². The molecular formula is C14H12N2O3. The lowest BCUT2D eigenvalue weighted by molar-refractivity contribution is -0.137. The maximum atomic E-state index is 11.4. The molecule has 0 fully saturated rings. The normalized spacial score (nSPS) is 10.2. The summed E-state index contributed by atoms with van der Waals surface area (Å²) in [6, 6.07) is 10.3. The molecule has 0 heterocycles. The quantitative estimate of drug-likeness (QED) is 0.457. The third-order valence-corrected chi connectivity index (χ3v) is 2.11. The summed E-state index contributed by atoms with van der Waals surface area (Å²) in [5.41, 5.74) is 0.612. The summed E-state index contributed by atoms with van der Waals surface area (Å²) in [5.74, 6) is -0.0943. The Morgan fingerprint density at radius 3 is 2.53 bits per heavy atom. The van der Waals surface area contributed by atoms with Crippen LogP contribution in [0.4, 0.5) is 0 Å². The van der Waals surface area contributed by atoms with E-state index in [9.17, 15) is 4.79 Å². The van der Waals surface area contributed by atoms with Crippen molar-refractivity contribution in [3.05, 3.63) is 35.4 Å². The SMILES string of the molecule is CCOC(=O)/C(C#N)=C/c1ccc(OCC#N)cc1. The van der Waals surface area contributed by atoms with Crippen molar-refractivity contribution in [2.45, 2.75) is 6.92 Å². The molecule has 5 nitrogen and oxygen atoms in total. The highest BCUT2D eigenvalue weighted by molar-refractivity contribution is 5.97. The third kappa shape index (κ3) is 4.53. The van der Waals surface area contributed by atoms with Gasteiger partial charge in [-0.15, -0.1) is 0 Å². The van der Waals surface area contributed by atoms with Gasteiger partial charge < -0.3 is 9.47 Å². The molecule has 0 radical (unpaired) electrons. The Morgan fingerprint density at radius 1 is 1.32 bits per heavy atom. The molecule has 0 aromatic heterocycles. The minimum Gasteiger partial charge on any atom is -0.479 e. The minimum atomic E-state index is -0.644. The van der Waals surface area contributed by atoms with E-state index < -0.39 is 5.97 Å². The van der Waals surface area contributed by atoms with Crippen molar-refractivity contribution in [3.63, 3.8) is 0 Å². The van der Waals surface area contributed by atoms with E-state index in [-0.39, 0.29) is 18.8 Å². The van der Waals surface area contributed by atoms with Crippen LogP contribution in [0.3, 0.4) is 0 Å². The van der Waals surface area contributed by atoms with Crippen LogP contribution in [0.25, 0.3) is 6.08 Å². The zero-order chi connectivity index (χ0) is 14.1. The number of benzene rings is 1. The molecule has 19 heavy (non-hydrogen) atoms. The number of rotatable bonds is 5. The van der Waals surface area contributed by atoms with E-state index in [1.807, 2.05) is 6.07 Å². The van der Waals surface area contributed by atoms with Crippen LogP contribution in [-0.2, 0) is 9.53 Å². The highest BCUT2D eigenvalue weighted by Gasteiger charge is 2.09. The van der Waals surface area contributed by atoms with Gasteiger partial charge in [0, 0.05) is 0 Å². The Hall–Kier alpha value is -2.79. The summed E-state index contributed by atoms with van der Waals surface area (Å²) < 4.78 is 9.84. The average Bonchev–Trinajstić information content (AvgIpc) is 2.44. The number of hydrogen-bond acceptors (Lipinski definition) is 5. The molecule has 0 N–H and O–H groups in total. The zero-order valence-corrected chi connectivity index (χ0v) is 10.4. The summed E-state index contributed by atoms with van der Waals surface area (Å²) in [4.78, 5) is 11.4. The second-order valence-corrected chi connectivity index (χ2v) is 3.41. The molecule has 0 bridgehead atoms.